The van der Waals surface area contributed by atoms with Crippen LogP contribution in [-0.2, 0) is 32.4 Å². The number of aromatic hydroxyl groups is 1. The van der Waals surface area contributed by atoms with E-state index in [4.69, 9.17) is 9.47 Å². The van der Waals surface area contributed by atoms with Crippen LogP contribution in [0, 0.1) is 0 Å². The van der Waals surface area contributed by atoms with Gasteiger partial charge in [0, 0.05) is 25.2 Å². The summed E-state index contributed by atoms with van der Waals surface area (Å²) in [6.45, 7) is 2.60. The highest BCUT2D eigenvalue weighted by Crippen LogP contribution is 2.36. The largest absolute Gasteiger partial charge is 0.508 e. The maximum atomic E-state index is 10.0. The quantitative estimate of drug-likeness (QED) is 0.608. The Morgan fingerprint density at radius 3 is 2.32 bits per heavy atom. The number of methoxy groups -OCH3 is 2. The van der Waals surface area contributed by atoms with Gasteiger partial charge in [0.25, 0.3) is 0 Å². The van der Waals surface area contributed by atoms with Gasteiger partial charge in [-0.2, -0.15) is 0 Å². The third-order valence-corrected chi connectivity index (χ3v) is 5.93. The van der Waals surface area contributed by atoms with E-state index in [1.54, 1.807) is 20.3 Å². The van der Waals surface area contributed by atoms with E-state index >= 15 is 0 Å². The molecule has 0 spiro atoms. The number of hydrogen-bond donors (Lipinski definition) is 1. The predicted molar refractivity (Wildman–Crippen MR) is 127 cm³/mol. The molecule has 1 N–H and O–H groups in total. The van der Waals surface area contributed by atoms with E-state index in [0.717, 1.165) is 50.4 Å². The summed E-state index contributed by atoms with van der Waals surface area (Å²) in [6.07, 6.45) is 2.74. The Morgan fingerprint density at radius 2 is 1.58 bits per heavy atom. The Morgan fingerprint density at radius 1 is 0.839 bits per heavy atom. The van der Waals surface area contributed by atoms with Gasteiger partial charge in [0.2, 0.25) is 0 Å². The third-order valence-electron chi connectivity index (χ3n) is 5.93. The minimum atomic E-state index is 0. The molecule has 0 unspecified atom stereocenters. The van der Waals surface area contributed by atoms with E-state index in [1.165, 1.54) is 27.8 Å². The van der Waals surface area contributed by atoms with Gasteiger partial charge < -0.3 is 14.6 Å². The van der Waals surface area contributed by atoms with E-state index in [2.05, 4.69) is 47.4 Å². The summed E-state index contributed by atoms with van der Waals surface area (Å²) in [4.78, 5) is 2.47. The van der Waals surface area contributed by atoms with Gasteiger partial charge in [-0.15, -0.1) is 12.4 Å². The van der Waals surface area contributed by atoms with Crippen LogP contribution in [0.1, 0.15) is 27.8 Å². The van der Waals surface area contributed by atoms with Gasteiger partial charge in [0.1, 0.15) is 5.75 Å². The molecule has 0 atom stereocenters. The number of ether oxygens (including phenoxy) is 2. The van der Waals surface area contributed by atoms with Crippen molar-refractivity contribution in [2.45, 2.75) is 32.4 Å². The van der Waals surface area contributed by atoms with Crippen LogP contribution in [0.15, 0.2) is 60.7 Å². The zero-order chi connectivity index (χ0) is 20.9. The van der Waals surface area contributed by atoms with Crippen molar-refractivity contribution in [1.82, 2.24) is 4.90 Å². The zero-order valence-electron chi connectivity index (χ0n) is 18.1. The maximum Gasteiger partial charge on any atom is 0.165 e. The Bertz CT molecular complexity index is 1010. The molecule has 0 saturated carbocycles. The zero-order valence-corrected chi connectivity index (χ0v) is 19.0. The molecule has 4 nitrogen and oxygen atoms in total. The molecular weight excluding hydrogens is 410 g/mol. The molecule has 4 rings (SSSR count). The number of benzene rings is 3. The predicted octanol–water partition coefficient (Wildman–Crippen LogP) is 5.17. The lowest BCUT2D eigenvalue weighted by atomic mass is 9.93. The van der Waals surface area contributed by atoms with E-state index in [0.29, 0.717) is 5.75 Å². The summed E-state index contributed by atoms with van der Waals surface area (Å²) in [5.74, 6) is 1.93. The van der Waals surface area contributed by atoms with E-state index in [-0.39, 0.29) is 12.4 Å². The summed E-state index contributed by atoms with van der Waals surface area (Å²) >= 11 is 0. The van der Waals surface area contributed by atoms with Crippen LogP contribution in [0.3, 0.4) is 0 Å². The van der Waals surface area contributed by atoms with Crippen LogP contribution in [0.2, 0.25) is 0 Å². The fourth-order valence-electron chi connectivity index (χ4n) is 4.36. The van der Waals surface area contributed by atoms with Crippen LogP contribution in [0.25, 0.3) is 0 Å². The first-order chi connectivity index (χ1) is 14.7. The van der Waals surface area contributed by atoms with Crippen molar-refractivity contribution in [3.8, 4) is 17.2 Å². The highest BCUT2D eigenvalue weighted by Gasteiger charge is 2.20. The molecule has 1 aliphatic heterocycles. The lowest BCUT2D eigenvalue weighted by Gasteiger charge is -2.27. The molecule has 3 aromatic carbocycles. The molecular formula is C26H30ClNO3. The highest BCUT2D eigenvalue weighted by molar-refractivity contribution is 5.85. The second-order valence-electron chi connectivity index (χ2n) is 7.84. The van der Waals surface area contributed by atoms with Gasteiger partial charge in [0.05, 0.1) is 14.2 Å². The molecule has 164 valence electrons. The molecule has 5 heteroatoms. The highest BCUT2D eigenvalue weighted by atomic mass is 35.5. The van der Waals surface area contributed by atoms with Crippen LogP contribution in [0.4, 0.5) is 0 Å². The average Bonchev–Trinajstić information content (AvgIpc) is 2.77. The van der Waals surface area contributed by atoms with E-state index in [1.807, 2.05) is 12.1 Å². The molecule has 1 heterocycles. The topological polar surface area (TPSA) is 41.9 Å². The molecule has 0 aromatic heterocycles. The Hall–Kier alpha value is -2.69. The number of phenolic OH excluding ortho intramolecular Hbond substituents is 1. The number of fused-ring (bicyclic) bond motifs is 2. The van der Waals surface area contributed by atoms with Crippen LogP contribution in [-0.4, -0.2) is 30.8 Å². The van der Waals surface area contributed by atoms with E-state index in [9.17, 15) is 5.11 Å². The third kappa shape index (κ3) is 5.33. The number of phenols is 1. The Balaban J connectivity index is 0.00000272. The summed E-state index contributed by atoms with van der Waals surface area (Å²) < 4.78 is 11.4. The summed E-state index contributed by atoms with van der Waals surface area (Å²) in [5, 5.41) is 10.0. The lowest BCUT2D eigenvalue weighted by molar-refractivity contribution is 0.252. The molecule has 0 amide bonds. The molecule has 0 aliphatic carbocycles. The minimum Gasteiger partial charge on any atom is -0.508 e. The van der Waals surface area contributed by atoms with Gasteiger partial charge in [-0.05, 0) is 59.7 Å². The summed E-state index contributed by atoms with van der Waals surface area (Å²) in [7, 11) is 3.40. The Labute approximate surface area is 190 Å². The van der Waals surface area contributed by atoms with Gasteiger partial charge >= 0.3 is 0 Å². The molecule has 0 fully saturated rings. The number of halogens is 1. The van der Waals surface area contributed by atoms with Crippen LogP contribution in [0.5, 0.6) is 17.2 Å². The first-order valence-electron chi connectivity index (χ1n) is 10.5. The average molecular weight is 440 g/mol. The monoisotopic (exact) mass is 439 g/mol. The van der Waals surface area contributed by atoms with Gasteiger partial charge in [-0.3, -0.25) is 4.90 Å². The van der Waals surface area contributed by atoms with Crippen molar-refractivity contribution >= 4 is 12.4 Å². The Kier molecular flexibility index (Phi) is 7.83. The van der Waals surface area contributed by atoms with Gasteiger partial charge in [-0.1, -0.05) is 42.5 Å². The van der Waals surface area contributed by atoms with Crippen molar-refractivity contribution < 1.29 is 14.6 Å². The maximum absolute atomic E-state index is 10.0. The van der Waals surface area contributed by atoms with Crippen molar-refractivity contribution in [2.75, 3.05) is 20.8 Å². The summed E-state index contributed by atoms with van der Waals surface area (Å²) in [6, 6.07) is 20.5. The fraction of sp³-hybridized carbons (Fsp3) is 0.308. The molecule has 0 saturated heterocycles. The normalized spacial score (nSPS) is 14.0. The van der Waals surface area contributed by atoms with E-state index < -0.39 is 0 Å². The number of rotatable bonds is 4. The van der Waals surface area contributed by atoms with Gasteiger partial charge in [-0.25, -0.2) is 0 Å². The molecule has 31 heavy (non-hydrogen) atoms. The fourth-order valence-corrected chi connectivity index (χ4v) is 4.36. The second kappa shape index (κ2) is 10.6. The minimum absolute atomic E-state index is 0. The van der Waals surface area contributed by atoms with Gasteiger partial charge in [0.15, 0.2) is 11.5 Å². The number of nitrogens with zero attached hydrogens (tertiary/aromatic N) is 1. The standard InChI is InChI=1S/C26H29NO3.ClH/c1-29-25-13-11-21-8-9-22-16-23(28)12-10-20(22)14-15-27(18-24(21)26(25)30-2)17-19-6-4-3-5-7-19;/h3-7,10-13,16,28H,8-9,14-15,17-18H2,1-2H3;1H. The first-order valence-corrected chi connectivity index (χ1v) is 10.5. The molecule has 3 aromatic rings. The smallest absolute Gasteiger partial charge is 0.165 e. The van der Waals surface area contributed by atoms with Crippen LogP contribution >= 0.6 is 12.4 Å². The number of hydrogen-bond acceptors (Lipinski definition) is 4. The SMILES string of the molecule is COc1ccc2c(c1OC)CN(Cc1ccccc1)CCc1ccc(O)cc1CC2.Cl. The lowest BCUT2D eigenvalue weighted by Crippen LogP contribution is -2.27. The second-order valence-corrected chi connectivity index (χ2v) is 7.84. The first kappa shape index (κ1) is 23.0. The van der Waals surface area contributed by atoms with Crippen molar-refractivity contribution in [3.63, 3.8) is 0 Å². The molecule has 1 aliphatic rings. The van der Waals surface area contributed by atoms with Crippen molar-refractivity contribution in [2.24, 2.45) is 0 Å². The van der Waals surface area contributed by atoms with Crippen LogP contribution < -0.4 is 9.47 Å². The van der Waals surface area contributed by atoms with Crippen molar-refractivity contribution in [1.29, 1.82) is 0 Å². The molecule has 0 bridgehead atoms. The summed E-state index contributed by atoms with van der Waals surface area (Å²) in [5.41, 5.74) is 6.29. The van der Waals surface area contributed by atoms with Crippen molar-refractivity contribution in [3.05, 3.63) is 88.5 Å². The number of aryl methyl sites for hydroxylation is 2. The molecule has 0 radical (unpaired) electrons.